The van der Waals surface area contributed by atoms with Gasteiger partial charge in [0.05, 0.1) is 11.4 Å². The predicted molar refractivity (Wildman–Crippen MR) is 139 cm³/mol. The molecule has 5 rings (SSSR count). The van der Waals surface area contributed by atoms with E-state index in [0.717, 1.165) is 66.5 Å². The fraction of sp³-hybridized carbons (Fsp3) is 0.345. The second-order valence-electron chi connectivity index (χ2n) is 9.79. The Morgan fingerprint density at radius 1 is 1.00 bits per heavy atom. The number of aliphatic imine (C=N–C) groups is 1. The minimum atomic E-state index is -0.160. The number of benzene rings is 3. The van der Waals surface area contributed by atoms with Gasteiger partial charge in [0.25, 0.3) is 0 Å². The molecule has 1 atom stereocenters. The lowest BCUT2D eigenvalue weighted by molar-refractivity contribution is 0.134. The molecule has 1 saturated heterocycles. The molecule has 3 aromatic rings. The Hall–Kier alpha value is -3.18. The molecule has 0 aromatic heterocycles. The van der Waals surface area contributed by atoms with Crippen molar-refractivity contribution in [2.24, 2.45) is 4.99 Å². The van der Waals surface area contributed by atoms with Crippen LogP contribution in [0.1, 0.15) is 42.9 Å². The van der Waals surface area contributed by atoms with E-state index in [2.05, 4.69) is 66.3 Å². The molecular weight excluding hydrogens is 423 g/mol. The molecule has 0 bridgehead atoms. The molecule has 1 fully saturated rings. The molecule has 2 aliphatic rings. The molecule has 3 aromatic carbocycles. The van der Waals surface area contributed by atoms with E-state index in [1.807, 2.05) is 18.2 Å². The van der Waals surface area contributed by atoms with Gasteiger partial charge >= 0.3 is 0 Å². The van der Waals surface area contributed by atoms with Crippen LogP contribution in [0.5, 0.6) is 0 Å². The van der Waals surface area contributed by atoms with E-state index in [1.165, 1.54) is 11.6 Å². The van der Waals surface area contributed by atoms with Crippen molar-refractivity contribution in [3.63, 3.8) is 0 Å². The summed E-state index contributed by atoms with van der Waals surface area (Å²) in [6.45, 7) is 7.27. The van der Waals surface area contributed by atoms with Crippen molar-refractivity contribution in [3.05, 3.63) is 89.2 Å². The normalized spacial score (nSPS) is 18.1. The molecule has 2 heterocycles. The standard InChI is InChI=1S/C29H33FN4/c1-20(2)22-12-14-26-25(18-22)29(32-28-10-5-4-9-27(28)31-26)34-16-15-33(3)24(19-34)13-11-21-7-6-8-23(30)17-21/h4-10,12,14,17-18,20,24,31H,11,13,15-16,19H2,1-3H3. The average Bonchev–Trinajstić information content (AvgIpc) is 3.00. The van der Waals surface area contributed by atoms with E-state index < -0.39 is 0 Å². The molecule has 5 heteroatoms. The lowest BCUT2D eigenvalue weighted by Gasteiger charge is -2.41. The van der Waals surface area contributed by atoms with Gasteiger partial charge in [-0.25, -0.2) is 9.38 Å². The molecule has 0 radical (unpaired) electrons. The maximum absolute atomic E-state index is 13.7. The molecule has 0 aliphatic carbocycles. The number of nitrogens with zero attached hydrogens (tertiary/aromatic N) is 3. The third-order valence-electron chi connectivity index (χ3n) is 7.08. The molecular formula is C29H33FN4. The van der Waals surface area contributed by atoms with Gasteiger partial charge in [-0.05, 0) is 73.3 Å². The first-order valence-corrected chi connectivity index (χ1v) is 12.3. The Kier molecular flexibility index (Phi) is 6.38. The van der Waals surface area contributed by atoms with Crippen LogP contribution in [0, 0.1) is 5.82 Å². The lowest BCUT2D eigenvalue weighted by Crippen LogP contribution is -2.53. The van der Waals surface area contributed by atoms with Crippen molar-refractivity contribution in [2.75, 3.05) is 32.0 Å². The van der Waals surface area contributed by atoms with Gasteiger partial charge in [0.1, 0.15) is 11.7 Å². The van der Waals surface area contributed by atoms with Gasteiger partial charge in [-0.2, -0.15) is 0 Å². The Morgan fingerprint density at radius 2 is 1.85 bits per heavy atom. The molecule has 1 N–H and O–H groups in total. The Morgan fingerprint density at radius 3 is 2.68 bits per heavy atom. The summed E-state index contributed by atoms with van der Waals surface area (Å²) < 4.78 is 13.7. The maximum Gasteiger partial charge on any atom is 0.138 e. The summed E-state index contributed by atoms with van der Waals surface area (Å²) in [5.41, 5.74) is 6.64. The van der Waals surface area contributed by atoms with Crippen LogP contribution in [0.3, 0.4) is 0 Å². The second-order valence-corrected chi connectivity index (χ2v) is 9.79. The number of halogens is 1. The molecule has 1 unspecified atom stereocenters. The van der Waals surface area contributed by atoms with Crippen LogP contribution >= 0.6 is 0 Å². The van der Waals surface area contributed by atoms with Crippen LogP contribution in [0.2, 0.25) is 0 Å². The number of hydrogen-bond acceptors (Lipinski definition) is 4. The van der Waals surface area contributed by atoms with Crippen molar-refractivity contribution in [1.82, 2.24) is 9.80 Å². The zero-order valence-electron chi connectivity index (χ0n) is 20.3. The van der Waals surface area contributed by atoms with E-state index in [1.54, 1.807) is 12.1 Å². The van der Waals surface area contributed by atoms with Crippen LogP contribution in [0.25, 0.3) is 0 Å². The van der Waals surface area contributed by atoms with Gasteiger partial charge in [-0.3, -0.25) is 4.90 Å². The van der Waals surface area contributed by atoms with Crippen LogP contribution < -0.4 is 5.32 Å². The van der Waals surface area contributed by atoms with Crippen LogP contribution in [-0.2, 0) is 6.42 Å². The summed E-state index contributed by atoms with van der Waals surface area (Å²) in [4.78, 5) is 10.1. The average molecular weight is 457 g/mol. The number of nitrogens with one attached hydrogen (secondary N) is 1. The lowest BCUT2D eigenvalue weighted by atomic mass is 9.97. The van der Waals surface area contributed by atoms with E-state index in [0.29, 0.717) is 12.0 Å². The molecule has 0 saturated carbocycles. The van der Waals surface area contributed by atoms with E-state index in [-0.39, 0.29) is 5.82 Å². The number of para-hydroxylation sites is 2. The smallest absolute Gasteiger partial charge is 0.138 e. The fourth-order valence-electron chi connectivity index (χ4n) is 4.93. The number of rotatable bonds is 4. The Balaban J connectivity index is 1.46. The summed E-state index contributed by atoms with van der Waals surface area (Å²) in [6, 6.07) is 22.3. The molecule has 4 nitrogen and oxygen atoms in total. The van der Waals surface area contributed by atoms with Gasteiger partial charge in [-0.15, -0.1) is 0 Å². The number of fused-ring (bicyclic) bond motifs is 2. The summed E-state index contributed by atoms with van der Waals surface area (Å²) >= 11 is 0. The molecule has 34 heavy (non-hydrogen) atoms. The summed E-state index contributed by atoms with van der Waals surface area (Å²) in [5, 5.41) is 3.62. The zero-order chi connectivity index (χ0) is 23.7. The number of anilines is 2. The van der Waals surface area contributed by atoms with Gasteiger partial charge in [0.15, 0.2) is 0 Å². The molecule has 176 valence electrons. The highest BCUT2D eigenvalue weighted by atomic mass is 19.1. The molecule has 0 spiro atoms. The first kappa shape index (κ1) is 22.6. The Labute approximate surface area is 202 Å². The monoisotopic (exact) mass is 456 g/mol. The quantitative estimate of drug-likeness (QED) is 0.497. The Bertz CT molecular complexity index is 1200. The third kappa shape index (κ3) is 4.71. The van der Waals surface area contributed by atoms with Crippen molar-refractivity contribution < 1.29 is 4.39 Å². The van der Waals surface area contributed by atoms with Gasteiger partial charge in [-0.1, -0.05) is 44.2 Å². The summed E-state index contributed by atoms with van der Waals surface area (Å²) in [7, 11) is 2.20. The number of piperazine rings is 1. The van der Waals surface area contributed by atoms with Crippen LogP contribution in [0.15, 0.2) is 71.7 Å². The van der Waals surface area contributed by atoms with E-state index in [4.69, 9.17) is 4.99 Å². The number of hydrogen-bond donors (Lipinski definition) is 1. The largest absolute Gasteiger partial charge is 0.353 e. The minimum Gasteiger partial charge on any atom is -0.353 e. The van der Waals surface area contributed by atoms with Crippen molar-refractivity contribution in [3.8, 4) is 0 Å². The van der Waals surface area contributed by atoms with E-state index in [9.17, 15) is 4.39 Å². The summed E-state index contributed by atoms with van der Waals surface area (Å²) in [5.74, 6) is 1.33. The molecule has 0 amide bonds. The van der Waals surface area contributed by atoms with Crippen LogP contribution in [0.4, 0.5) is 21.5 Å². The zero-order valence-corrected chi connectivity index (χ0v) is 20.3. The van der Waals surface area contributed by atoms with Gasteiger partial charge < -0.3 is 10.2 Å². The number of amidine groups is 1. The first-order chi connectivity index (χ1) is 16.5. The maximum atomic E-state index is 13.7. The van der Waals surface area contributed by atoms with Gasteiger partial charge in [0.2, 0.25) is 0 Å². The highest BCUT2D eigenvalue weighted by Crippen LogP contribution is 2.36. The van der Waals surface area contributed by atoms with Gasteiger partial charge in [0, 0.05) is 36.9 Å². The highest BCUT2D eigenvalue weighted by molar-refractivity contribution is 6.08. The van der Waals surface area contributed by atoms with E-state index >= 15 is 0 Å². The summed E-state index contributed by atoms with van der Waals surface area (Å²) in [6.07, 6.45) is 1.85. The topological polar surface area (TPSA) is 30.9 Å². The van der Waals surface area contributed by atoms with Crippen molar-refractivity contribution in [1.29, 1.82) is 0 Å². The van der Waals surface area contributed by atoms with Crippen molar-refractivity contribution in [2.45, 2.75) is 38.6 Å². The van der Waals surface area contributed by atoms with Crippen LogP contribution in [-0.4, -0.2) is 48.4 Å². The SMILES string of the molecule is CC(C)c1ccc2c(c1)C(N1CCN(C)C(CCc3cccc(F)c3)C1)=Nc1ccccc1N2. The van der Waals surface area contributed by atoms with Crippen molar-refractivity contribution >= 4 is 22.9 Å². The predicted octanol–water partition coefficient (Wildman–Crippen LogP) is 6.33. The fourth-order valence-corrected chi connectivity index (χ4v) is 4.93. The second kappa shape index (κ2) is 9.59. The highest BCUT2D eigenvalue weighted by Gasteiger charge is 2.29. The number of likely N-dealkylation sites (N-methyl/N-ethyl adjacent to an activating group) is 1. The first-order valence-electron chi connectivity index (χ1n) is 12.3. The number of aryl methyl sites for hydroxylation is 1. The molecule has 2 aliphatic heterocycles. The third-order valence-corrected chi connectivity index (χ3v) is 7.08. The minimum absolute atomic E-state index is 0.160.